The molecule has 0 bridgehead atoms. The maximum Gasteiger partial charge on any atom is 0.303 e. The van der Waals surface area contributed by atoms with Gasteiger partial charge in [0.2, 0.25) is 0 Å². The summed E-state index contributed by atoms with van der Waals surface area (Å²) >= 11 is 0. The van der Waals surface area contributed by atoms with Crippen LogP contribution in [0.4, 0.5) is 4.39 Å². The average Bonchev–Trinajstić information content (AvgIpc) is 3.15. The predicted molar refractivity (Wildman–Crippen MR) is 106 cm³/mol. The van der Waals surface area contributed by atoms with Crippen molar-refractivity contribution in [2.75, 3.05) is 0 Å². The molecule has 1 saturated carbocycles. The molecule has 0 aromatic heterocycles. The monoisotopic (exact) mass is 380 g/mol. The van der Waals surface area contributed by atoms with Gasteiger partial charge >= 0.3 is 5.97 Å². The van der Waals surface area contributed by atoms with Crippen molar-refractivity contribution in [3.8, 4) is 0 Å². The SMILES string of the molecule is CC(=O)OC(C)(/C=C/[C@H]1CCC[C@@H]1C(=O)c1ccc(F)cc1)c1ccccc1. The third-order valence-corrected chi connectivity index (χ3v) is 5.40. The van der Waals surface area contributed by atoms with E-state index in [4.69, 9.17) is 4.74 Å². The van der Waals surface area contributed by atoms with Crippen LogP contribution in [-0.2, 0) is 15.1 Å². The van der Waals surface area contributed by atoms with E-state index >= 15 is 0 Å². The highest BCUT2D eigenvalue weighted by molar-refractivity contribution is 5.98. The lowest BCUT2D eigenvalue weighted by Crippen LogP contribution is -2.26. The van der Waals surface area contributed by atoms with Crippen molar-refractivity contribution in [1.29, 1.82) is 0 Å². The standard InChI is InChI=1S/C24H25FO3/c1-17(26)28-24(2,20-8-4-3-5-9-20)16-15-18-7-6-10-22(18)23(27)19-11-13-21(25)14-12-19/h3-5,8-9,11-16,18,22H,6-7,10H2,1-2H3/b16-15+/t18-,22+,24?/m1/s1. The number of rotatable bonds is 6. The van der Waals surface area contributed by atoms with Gasteiger partial charge in [-0.3, -0.25) is 9.59 Å². The van der Waals surface area contributed by atoms with Crippen LogP contribution in [0.1, 0.15) is 49.0 Å². The molecule has 0 amide bonds. The zero-order valence-corrected chi connectivity index (χ0v) is 16.2. The van der Waals surface area contributed by atoms with Crippen molar-refractivity contribution in [1.82, 2.24) is 0 Å². The highest BCUT2D eigenvalue weighted by Gasteiger charge is 2.33. The van der Waals surface area contributed by atoms with E-state index in [0.717, 1.165) is 24.8 Å². The zero-order valence-electron chi connectivity index (χ0n) is 16.2. The van der Waals surface area contributed by atoms with Crippen LogP contribution in [-0.4, -0.2) is 11.8 Å². The average molecular weight is 380 g/mol. The number of ketones is 1. The summed E-state index contributed by atoms with van der Waals surface area (Å²) in [5, 5.41) is 0. The van der Waals surface area contributed by atoms with Gasteiger partial charge in [0.05, 0.1) is 0 Å². The molecule has 3 nitrogen and oxygen atoms in total. The third-order valence-electron chi connectivity index (χ3n) is 5.40. The summed E-state index contributed by atoms with van der Waals surface area (Å²) in [5.74, 6) is -0.739. The summed E-state index contributed by atoms with van der Waals surface area (Å²) in [6.45, 7) is 3.25. The largest absolute Gasteiger partial charge is 0.450 e. The lowest BCUT2D eigenvalue weighted by molar-refractivity contribution is -0.151. The lowest BCUT2D eigenvalue weighted by atomic mass is 9.86. The second-order valence-corrected chi connectivity index (χ2v) is 7.50. The van der Waals surface area contributed by atoms with Crippen LogP contribution in [0.15, 0.2) is 66.7 Å². The quantitative estimate of drug-likeness (QED) is 0.380. The van der Waals surface area contributed by atoms with E-state index in [2.05, 4.69) is 0 Å². The van der Waals surface area contributed by atoms with Gasteiger partial charge in [0.1, 0.15) is 5.82 Å². The first-order valence-corrected chi connectivity index (χ1v) is 9.63. The molecule has 0 radical (unpaired) electrons. The summed E-state index contributed by atoms with van der Waals surface area (Å²) in [7, 11) is 0. The van der Waals surface area contributed by atoms with Crippen LogP contribution >= 0.6 is 0 Å². The normalized spacial score (nSPS) is 21.4. The Balaban J connectivity index is 1.82. The molecular weight excluding hydrogens is 355 g/mol. The maximum atomic E-state index is 13.2. The highest BCUT2D eigenvalue weighted by Crippen LogP contribution is 2.37. The second-order valence-electron chi connectivity index (χ2n) is 7.50. The Kier molecular flexibility index (Phi) is 6.08. The molecule has 3 rings (SSSR count). The molecule has 2 aromatic carbocycles. The number of hydrogen-bond acceptors (Lipinski definition) is 3. The Bertz CT molecular complexity index is 857. The maximum absolute atomic E-state index is 13.2. The van der Waals surface area contributed by atoms with Crippen LogP contribution in [0.2, 0.25) is 0 Å². The first kappa shape index (κ1) is 20.0. The summed E-state index contributed by atoms with van der Waals surface area (Å²) in [4.78, 5) is 24.6. The number of esters is 1. The Morgan fingerprint density at radius 2 is 1.75 bits per heavy atom. The van der Waals surface area contributed by atoms with Crippen LogP contribution in [0.3, 0.4) is 0 Å². The number of allylic oxidation sites excluding steroid dienone is 1. The summed E-state index contributed by atoms with van der Waals surface area (Å²) in [6, 6.07) is 15.3. The summed E-state index contributed by atoms with van der Waals surface area (Å²) < 4.78 is 18.8. The van der Waals surface area contributed by atoms with Crippen LogP contribution in [0.5, 0.6) is 0 Å². The van der Waals surface area contributed by atoms with Gasteiger partial charge in [-0.1, -0.05) is 42.8 Å². The number of carbonyl (C=O) groups excluding carboxylic acids is 2. The molecule has 4 heteroatoms. The number of benzene rings is 2. The number of Topliss-reactive ketones (excluding diaryl/α,β-unsaturated/α-hetero) is 1. The van der Waals surface area contributed by atoms with E-state index < -0.39 is 5.60 Å². The fourth-order valence-corrected chi connectivity index (χ4v) is 3.94. The van der Waals surface area contributed by atoms with Gasteiger partial charge in [0.25, 0.3) is 0 Å². The van der Waals surface area contributed by atoms with Crippen molar-refractivity contribution >= 4 is 11.8 Å². The van der Waals surface area contributed by atoms with E-state index in [1.807, 2.05) is 49.4 Å². The van der Waals surface area contributed by atoms with Gasteiger partial charge in [-0.05, 0) is 61.6 Å². The molecule has 0 N–H and O–H groups in total. The van der Waals surface area contributed by atoms with Gasteiger partial charge in [-0.25, -0.2) is 4.39 Å². The van der Waals surface area contributed by atoms with Crippen molar-refractivity contribution in [2.24, 2.45) is 11.8 Å². The van der Waals surface area contributed by atoms with Gasteiger partial charge < -0.3 is 4.74 Å². The number of hydrogen-bond donors (Lipinski definition) is 0. The first-order chi connectivity index (χ1) is 13.4. The minimum absolute atomic E-state index is 0.0426. The molecular formula is C24H25FO3. The van der Waals surface area contributed by atoms with Crippen molar-refractivity contribution in [3.05, 3.63) is 83.7 Å². The van der Waals surface area contributed by atoms with E-state index in [-0.39, 0.29) is 29.4 Å². The van der Waals surface area contributed by atoms with Gasteiger partial charge in [0, 0.05) is 18.4 Å². The lowest BCUT2D eigenvalue weighted by Gasteiger charge is -2.27. The first-order valence-electron chi connectivity index (χ1n) is 9.63. The second kappa shape index (κ2) is 8.51. The van der Waals surface area contributed by atoms with Crippen LogP contribution in [0.25, 0.3) is 0 Å². The van der Waals surface area contributed by atoms with Crippen molar-refractivity contribution < 1.29 is 18.7 Å². The summed E-state index contributed by atoms with van der Waals surface area (Å²) in [6.07, 6.45) is 6.57. The Morgan fingerprint density at radius 3 is 2.39 bits per heavy atom. The van der Waals surface area contributed by atoms with E-state index in [1.54, 1.807) is 12.1 Å². The van der Waals surface area contributed by atoms with Crippen LogP contribution in [0, 0.1) is 17.7 Å². The number of ether oxygens (including phenoxy) is 1. The zero-order chi connectivity index (χ0) is 20.1. The molecule has 28 heavy (non-hydrogen) atoms. The molecule has 0 spiro atoms. The highest BCUT2D eigenvalue weighted by atomic mass is 19.1. The van der Waals surface area contributed by atoms with Gasteiger partial charge in [-0.15, -0.1) is 0 Å². The fourth-order valence-electron chi connectivity index (χ4n) is 3.94. The van der Waals surface area contributed by atoms with Gasteiger partial charge in [-0.2, -0.15) is 0 Å². The summed E-state index contributed by atoms with van der Waals surface area (Å²) in [5.41, 5.74) is 0.525. The minimum Gasteiger partial charge on any atom is -0.450 e. The number of carbonyl (C=O) groups is 2. The Labute approximate surface area is 165 Å². The number of halogens is 1. The molecule has 2 aromatic rings. The molecule has 3 atom stereocenters. The topological polar surface area (TPSA) is 43.4 Å². The van der Waals surface area contributed by atoms with Crippen molar-refractivity contribution in [2.45, 2.75) is 38.7 Å². The molecule has 0 aliphatic heterocycles. The smallest absolute Gasteiger partial charge is 0.303 e. The minimum atomic E-state index is -0.890. The molecule has 0 saturated heterocycles. The van der Waals surface area contributed by atoms with Crippen molar-refractivity contribution in [3.63, 3.8) is 0 Å². The molecule has 1 fully saturated rings. The molecule has 1 unspecified atom stereocenters. The fraction of sp³-hybridized carbons (Fsp3) is 0.333. The third kappa shape index (κ3) is 4.56. The molecule has 1 aliphatic carbocycles. The van der Waals surface area contributed by atoms with E-state index in [0.29, 0.717) is 5.56 Å². The Morgan fingerprint density at radius 1 is 1.07 bits per heavy atom. The van der Waals surface area contributed by atoms with E-state index in [9.17, 15) is 14.0 Å². The molecule has 1 aliphatic rings. The molecule has 146 valence electrons. The van der Waals surface area contributed by atoms with Gasteiger partial charge in [0.15, 0.2) is 11.4 Å². The van der Waals surface area contributed by atoms with E-state index in [1.165, 1.54) is 19.1 Å². The predicted octanol–water partition coefficient (Wildman–Crippen LogP) is 5.46. The Hall–Kier alpha value is -2.75. The van der Waals surface area contributed by atoms with Crippen LogP contribution < -0.4 is 0 Å². The molecule has 0 heterocycles.